The van der Waals surface area contributed by atoms with Crippen LogP contribution >= 0.6 is 0 Å². The van der Waals surface area contributed by atoms with E-state index in [1.54, 1.807) is 0 Å². The van der Waals surface area contributed by atoms with Gasteiger partial charge in [0.1, 0.15) is 5.65 Å². The predicted molar refractivity (Wildman–Crippen MR) is 117 cm³/mol. The van der Waals surface area contributed by atoms with Crippen LogP contribution < -0.4 is 5.32 Å². The maximum atomic E-state index is 4.55. The summed E-state index contributed by atoms with van der Waals surface area (Å²) < 4.78 is 0. The van der Waals surface area contributed by atoms with Crippen LogP contribution in [-0.4, -0.2) is 28.0 Å². The van der Waals surface area contributed by atoms with E-state index in [4.69, 9.17) is 0 Å². The minimum Gasteiger partial charge on any atom is -0.354 e. The molecule has 0 bridgehead atoms. The van der Waals surface area contributed by atoms with Crippen molar-refractivity contribution in [3.05, 3.63) is 53.3 Å². The second kappa shape index (κ2) is 6.78. The lowest BCUT2D eigenvalue weighted by Crippen LogP contribution is -2.26. The molecule has 1 fully saturated rings. The number of piperidine rings is 1. The average Bonchev–Trinajstić information content (AvgIpc) is 3.30. The molecule has 4 heteroatoms. The highest BCUT2D eigenvalue weighted by molar-refractivity contribution is 6.00. The van der Waals surface area contributed by atoms with Crippen molar-refractivity contribution in [2.75, 3.05) is 13.1 Å². The fraction of sp³-hybridized carbons (Fsp3) is 0.375. The zero-order valence-corrected chi connectivity index (χ0v) is 16.9. The Morgan fingerprint density at radius 3 is 2.71 bits per heavy atom. The minimum absolute atomic E-state index is 0.452. The average molecular weight is 373 g/mol. The molecule has 4 aromatic rings. The number of aryl methyl sites for hydroxylation is 1. The van der Waals surface area contributed by atoms with Gasteiger partial charge in [-0.2, -0.15) is 0 Å². The van der Waals surface area contributed by atoms with Crippen LogP contribution in [0.4, 0.5) is 0 Å². The van der Waals surface area contributed by atoms with Gasteiger partial charge in [0.15, 0.2) is 0 Å². The third-order valence-electron chi connectivity index (χ3n) is 6.39. The van der Waals surface area contributed by atoms with Crippen LogP contribution in [0.5, 0.6) is 0 Å². The third kappa shape index (κ3) is 2.75. The molecule has 1 aliphatic rings. The lowest BCUT2D eigenvalue weighted by Gasteiger charge is -2.23. The number of aromatic nitrogens is 3. The van der Waals surface area contributed by atoms with Crippen LogP contribution in [0.1, 0.15) is 55.2 Å². The molecule has 5 rings (SSSR count). The van der Waals surface area contributed by atoms with Gasteiger partial charge in [0.2, 0.25) is 0 Å². The van der Waals surface area contributed by atoms with E-state index in [-0.39, 0.29) is 0 Å². The molecule has 1 aromatic carbocycles. The number of rotatable bonds is 3. The van der Waals surface area contributed by atoms with Gasteiger partial charge in [-0.1, -0.05) is 19.9 Å². The van der Waals surface area contributed by atoms with Gasteiger partial charge in [-0.3, -0.25) is 0 Å². The molecule has 0 radical (unpaired) electrons. The number of benzene rings is 1. The van der Waals surface area contributed by atoms with E-state index in [0.717, 1.165) is 18.7 Å². The first-order valence-corrected chi connectivity index (χ1v) is 10.4. The SMILES string of the molecule is Cc1c(-c2ccnc3[nH]cc(C(C)C)c23)[nH]c2ccc(C3CCNCC3)cc12. The van der Waals surface area contributed by atoms with Gasteiger partial charge in [0.25, 0.3) is 0 Å². The molecule has 144 valence electrons. The molecular weight excluding hydrogens is 344 g/mol. The largest absolute Gasteiger partial charge is 0.354 e. The summed E-state index contributed by atoms with van der Waals surface area (Å²) >= 11 is 0. The molecule has 1 saturated heterocycles. The Balaban J connectivity index is 1.67. The number of hydrogen-bond acceptors (Lipinski definition) is 2. The summed E-state index contributed by atoms with van der Waals surface area (Å²) in [4.78, 5) is 11.6. The summed E-state index contributed by atoms with van der Waals surface area (Å²) in [6.45, 7) is 8.97. The molecule has 3 aromatic heterocycles. The van der Waals surface area contributed by atoms with E-state index in [0.29, 0.717) is 11.8 Å². The number of aromatic amines is 2. The molecule has 0 aliphatic carbocycles. The predicted octanol–water partition coefficient (Wildman–Crippen LogP) is 5.61. The van der Waals surface area contributed by atoms with Crippen molar-refractivity contribution < 1.29 is 0 Å². The maximum Gasteiger partial charge on any atom is 0.138 e. The quantitative estimate of drug-likeness (QED) is 0.438. The van der Waals surface area contributed by atoms with Crippen LogP contribution in [0.15, 0.2) is 36.7 Å². The van der Waals surface area contributed by atoms with Gasteiger partial charge in [-0.15, -0.1) is 0 Å². The number of nitrogens with zero attached hydrogens (tertiary/aromatic N) is 1. The van der Waals surface area contributed by atoms with Crippen molar-refractivity contribution in [2.24, 2.45) is 0 Å². The number of nitrogens with one attached hydrogen (secondary N) is 3. The summed E-state index contributed by atoms with van der Waals surface area (Å²) in [5.41, 5.74) is 8.78. The van der Waals surface area contributed by atoms with Gasteiger partial charge in [-0.25, -0.2) is 4.98 Å². The Morgan fingerprint density at radius 2 is 1.93 bits per heavy atom. The van der Waals surface area contributed by atoms with Crippen LogP contribution in [0.2, 0.25) is 0 Å². The van der Waals surface area contributed by atoms with Gasteiger partial charge in [0, 0.05) is 34.2 Å². The van der Waals surface area contributed by atoms with Gasteiger partial charge in [-0.05, 0) is 79.6 Å². The normalized spacial score (nSPS) is 15.9. The zero-order chi connectivity index (χ0) is 19.3. The maximum absolute atomic E-state index is 4.55. The van der Waals surface area contributed by atoms with Crippen LogP contribution in [0, 0.1) is 6.92 Å². The van der Waals surface area contributed by atoms with Crippen LogP contribution in [0.3, 0.4) is 0 Å². The molecule has 0 spiro atoms. The lowest BCUT2D eigenvalue weighted by molar-refractivity contribution is 0.460. The standard InChI is InChI=1S/C24H28N4/c1-14(2)20-13-27-24-22(20)18(8-11-26-24)23-15(3)19-12-17(4-5-21(19)28-23)16-6-9-25-10-7-16/h4-5,8,11-14,16,25,28H,6-7,9-10H2,1-3H3,(H,26,27). The highest BCUT2D eigenvalue weighted by Crippen LogP contribution is 2.38. The molecule has 1 aliphatic heterocycles. The fourth-order valence-electron chi connectivity index (χ4n) is 4.77. The third-order valence-corrected chi connectivity index (χ3v) is 6.39. The Morgan fingerprint density at radius 1 is 1.11 bits per heavy atom. The summed E-state index contributed by atoms with van der Waals surface area (Å²) in [5.74, 6) is 1.13. The van der Waals surface area contributed by atoms with E-state index < -0.39 is 0 Å². The van der Waals surface area contributed by atoms with Crippen LogP contribution in [-0.2, 0) is 0 Å². The van der Waals surface area contributed by atoms with Gasteiger partial charge >= 0.3 is 0 Å². The Labute approximate surface area is 165 Å². The van der Waals surface area contributed by atoms with Crippen molar-refractivity contribution in [1.82, 2.24) is 20.3 Å². The second-order valence-corrected chi connectivity index (χ2v) is 8.44. The lowest BCUT2D eigenvalue weighted by atomic mass is 9.89. The first-order valence-electron chi connectivity index (χ1n) is 10.4. The van der Waals surface area contributed by atoms with Gasteiger partial charge in [0.05, 0.1) is 5.69 Å². The monoisotopic (exact) mass is 372 g/mol. The van der Waals surface area contributed by atoms with E-state index in [1.807, 2.05) is 6.20 Å². The second-order valence-electron chi connectivity index (χ2n) is 8.44. The molecule has 28 heavy (non-hydrogen) atoms. The van der Waals surface area contributed by atoms with Gasteiger partial charge < -0.3 is 15.3 Å². The van der Waals surface area contributed by atoms with E-state index in [1.165, 1.54) is 57.1 Å². The number of hydrogen-bond donors (Lipinski definition) is 3. The Kier molecular flexibility index (Phi) is 4.24. The van der Waals surface area contributed by atoms with E-state index >= 15 is 0 Å². The number of pyridine rings is 1. The zero-order valence-electron chi connectivity index (χ0n) is 16.9. The number of fused-ring (bicyclic) bond motifs is 2. The number of H-pyrrole nitrogens is 2. The van der Waals surface area contributed by atoms with Crippen molar-refractivity contribution >= 4 is 21.9 Å². The highest BCUT2D eigenvalue weighted by atomic mass is 14.9. The first kappa shape index (κ1) is 17.5. The molecular formula is C24H28N4. The Hall–Kier alpha value is -2.59. The van der Waals surface area contributed by atoms with Crippen molar-refractivity contribution in [3.8, 4) is 11.3 Å². The topological polar surface area (TPSA) is 56.5 Å². The molecule has 4 nitrogen and oxygen atoms in total. The first-order chi connectivity index (χ1) is 13.6. The molecule has 3 N–H and O–H groups in total. The smallest absolute Gasteiger partial charge is 0.138 e. The van der Waals surface area contributed by atoms with Crippen molar-refractivity contribution in [1.29, 1.82) is 0 Å². The van der Waals surface area contributed by atoms with Crippen molar-refractivity contribution in [2.45, 2.75) is 45.4 Å². The summed E-state index contributed by atoms with van der Waals surface area (Å²) in [5, 5.41) is 6.06. The molecule has 0 amide bonds. The molecule has 0 saturated carbocycles. The Bertz CT molecular complexity index is 1140. The summed E-state index contributed by atoms with van der Waals surface area (Å²) in [6.07, 6.45) is 6.48. The van der Waals surface area contributed by atoms with E-state index in [9.17, 15) is 0 Å². The summed E-state index contributed by atoms with van der Waals surface area (Å²) in [7, 11) is 0. The van der Waals surface area contributed by atoms with Crippen molar-refractivity contribution in [3.63, 3.8) is 0 Å². The fourth-order valence-corrected chi connectivity index (χ4v) is 4.77. The highest BCUT2D eigenvalue weighted by Gasteiger charge is 2.19. The molecule has 0 atom stereocenters. The molecule has 0 unspecified atom stereocenters. The van der Waals surface area contributed by atoms with Crippen LogP contribution in [0.25, 0.3) is 33.2 Å². The molecule has 4 heterocycles. The van der Waals surface area contributed by atoms with E-state index in [2.05, 4.69) is 71.5 Å². The minimum atomic E-state index is 0.452. The summed E-state index contributed by atoms with van der Waals surface area (Å²) in [6, 6.07) is 9.14.